The molecular weight excluding hydrogens is 588 g/mol. The van der Waals surface area contributed by atoms with Gasteiger partial charge in [0.1, 0.15) is 6.61 Å². The first kappa shape index (κ1) is 41.3. The van der Waals surface area contributed by atoms with Gasteiger partial charge in [0.05, 0.1) is 30.1 Å². The largest absolute Gasteiger partial charge is 0.481 e. The van der Waals surface area contributed by atoms with Gasteiger partial charge in [0, 0.05) is 12.2 Å². The molecule has 0 saturated heterocycles. The molecule has 1 rings (SSSR count). The van der Waals surface area contributed by atoms with Gasteiger partial charge in [0.2, 0.25) is 0 Å². The summed E-state index contributed by atoms with van der Waals surface area (Å²) in [6.07, 6.45) is 8.21. The summed E-state index contributed by atoms with van der Waals surface area (Å²) in [6.45, 7) is 10.9. The number of carbonyl (C=O) groups excluding carboxylic acids is 2. The number of hydrogen-bond acceptors (Lipinski definition) is 10. The van der Waals surface area contributed by atoms with Crippen LogP contribution in [0.4, 0.5) is 5.69 Å². The van der Waals surface area contributed by atoms with Gasteiger partial charge < -0.3 is 40.5 Å². The maximum absolute atomic E-state index is 12.7. The van der Waals surface area contributed by atoms with Crippen molar-refractivity contribution in [2.24, 2.45) is 0 Å². The van der Waals surface area contributed by atoms with Crippen LogP contribution < -0.4 is 5.73 Å². The predicted molar refractivity (Wildman–Crippen MR) is 168 cm³/mol. The van der Waals surface area contributed by atoms with E-state index in [1.54, 1.807) is 18.2 Å². The minimum absolute atomic E-state index is 0.0938. The number of esters is 2. The van der Waals surface area contributed by atoms with Crippen LogP contribution in [0.25, 0.3) is 0 Å². The van der Waals surface area contributed by atoms with Crippen molar-refractivity contribution in [3.05, 3.63) is 29.3 Å². The number of anilines is 1. The lowest BCUT2D eigenvalue weighted by Gasteiger charge is -2.18. The number of nitrogens with two attached hydrogens (primary N) is 1. The predicted octanol–water partition coefficient (Wildman–Crippen LogP) is 4.60. The number of nitrogens with zero attached hydrogens (tertiary/aromatic N) is 1. The summed E-state index contributed by atoms with van der Waals surface area (Å²) in [5, 5.41) is 33.8. The van der Waals surface area contributed by atoms with Crippen molar-refractivity contribution in [3.8, 4) is 0 Å². The Morgan fingerprint density at radius 2 is 1.38 bits per heavy atom. The van der Waals surface area contributed by atoms with Crippen LogP contribution in [0.1, 0.15) is 119 Å². The van der Waals surface area contributed by atoms with E-state index in [-0.39, 0.29) is 29.5 Å². The van der Waals surface area contributed by atoms with Crippen LogP contribution in [0.3, 0.4) is 0 Å². The van der Waals surface area contributed by atoms with Crippen LogP contribution in [-0.4, -0.2) is 93.1 Å². The van der Waals surface area contributed by atoms with Gasteiger partial charge in [0.25, 0.3) is 0 Å². The van der Waals surface area contributed by atoms with Crippen molar-refractivity contribution < 1.29 is 53.9 Å². The number of aliphatic carboxylic acids is 3. The molecule has 0 saturated carbocycles. The highest BCUT2D eigenvalue weighted by Crippen LogP contribution is 2.21. The first-order valence-corrected chi connectivity index (χ1v) is 15.6. The van der Waals surface area contributed by atoms with Crippen molar-refractivity contribution in [1.82, 2.24) is 4.90 Å². The Morgan fingerprint density at radius 3 is 1.87 bits per heavy atom. The Bertz CT molecular complexity index is 1060. The molecule has 13 nitrogen and oxygen atoms in total. The molecule has 1 unspecified atom stereocenters. The lowest BCUT2D eigenvalue weighted by atomic mass is 9.96. The third-order valence-corrected chi connectivity index (χ3v) is 7.11. The quantitative estimate of drug-likeness (QED) is 0.0667. The zero-order chi connectivity index (χ0) is 34.4. The van der Waals surface area contributed by atoms with Crippen molar-refractivity contribution in [2.75, 3.05) is 32.0 Å². The van der Waals surface area contributed by atoms with Gasteiger partial charge in [-0.2, -0.15) is 0 Å². The summed E-state index contributed by atoms with van der Waals surface area (Å²) < 4.78 is 11.0. The average molecular weight is 641 g/mol. The van der Waals surface area contributed by atoms with E-state index >= 15 is 0 Å². The van der Waals surface area contributed by atoms with E-state index < -0.39 is 48.3 Å². The minimum Gasteiger partial charge on any atom is -0.481 e. The summed E-state index contributed by atoms with van der Waals surface area (Å²) in [5.41, 5.74) is 3.76. The molecule has 0 bridgehead atoms. The van der Waals surface area contributed by atoms with E-state index in [0.29, 0.717) is 6.54 Å². The fraction of sp³-hybridized carbons (Fsp3) is 0.656. The normalized spacial score (nSPS) is 11.7. The van der Waals surface area contributed by atoms with E-state index in [4.69, 9.17) is 35.6 Å². The first-order valence-electron chi connectivity index (χ1n) is 15.6. The number of benzene rings is 1. The Labute approximate surface area is 265 Å². The molecule has 6 N–H and O–H groups in total. The fourth-order valence-electron chi connectivity index (χ4n) is 4.43. The third kappa shape index (κ3) is 17.4. The second kappa shape index (κ2) is 22.7. The smallest absolute Gasteiger partial charge is 0.341 e. The Balaban J connectivity index is 0.00000125. The molecule has 0 amide bonds. The van der Waals surface area contributed by atoms with Gasteiger partial charge in [-0.05, 0) is 45.0 Å². The maximum atomic E-state index is 12.7. The number of nitrogen functional groups attached to an aromatic ring is 1. The molecule has 0 aliphatic heterocycles. The second-order valence-corrected chi connectivity index (χ2v) is 10.9. The lowest BCUT2D eigenvalue weighted by Crippen LogP contribution is -2.42. The van der Waals surface area contributed by atoms with Crippen molar-refractivity contribution >= 4 is 35.5 Å². The third-order valence-electron chi connectivity index (χ3n) is 7.11. The SMILES string of the molecule is CCCCCCCCCCC(C)OC(=O)c1cccc(N)c1C(=O)OCCN(CC)CC.O=C(O)CC(O)(CC(=O)O)C(=O)O. The zero-order valence-corrected chi connectivity index (χ0v) is 27.1. The van der Waals surface area contributed by atoms with Crippen molar-refractivity contribution in [1.29, 1.82) is 0 Å². The number of carboxylic acid groups (broad SMARTS) is 3. The summed E-state index contributed by atoms with van der Waals surface area (Å²) in [6, 6.07) is 4.83. The van der Waals surface area contributed by atoms with E-state index in [1.807, 2.05) is 6.92 Å². The van der Waals surface area contributed by atoms with Crippen molar-refractivity contribution in [2.45, 2.75) is 110 Å². The summed E-state index contributed by atoms with van der Waals surface area (Å²) in [5.74, 6) is -6.13. The van der Waals surface area contributed by atoms with Crippen LogP contribution in [0, 0.1) is 0 Å². The first-order chi connectivity index (χ1) is 21.2. The van der Waals surface area contributed by atoms with Gasteiger partial charge in [-0.15, -0.1) is 0 Å². The molecule has 0 spiro atoms. The number of aliphatic hydroxyl groups is 1. The topological polar surface area (TPSA) is 214 Å². The molecular formula is C32H52N2O11. The minimum atomic E-state index is -2.74. The molecule has 45 heavy (non-hydrogen) atoms. The molecule has 0 aliphatic rings. The van der Waals surface area contributed by atoms with E-state index in [9.17, 15) is 24.0 Å². The molecule has 1 atom stereocenters. The zero-order valence-electron chi connectivity index (χ0n) is 27.1. The number of ether oxygens (including phenoxy) is 2. The molecule has 0 fully saturated rings. The van der Waals surface area contributed by atoms with Crippen LogP contribution in [-0.2, 0) is 23.9 Å². The highest BCUT2D eigenvalue weighted by atomic mass is 16.5. The standard InChI is InChI=1S/C26H44N2O4.C6H8O7/c1-5-8-9-10-11-12-13-14-16-21(4)32-25(29)22-17-15-18-23(27)24(22)26(30)31-20-19-28(6-2)7-3;7-3(8)1-6(13,5(11)12)2-4(9)10/h15,17-18,21H,5-14,16,19-20,27H2,1-4H3;13H,1-2H2,(H,7,8)(H,9,10)(H,11,12). The number of carbonyl (C=O) groups is 5. The van der Waals surface area contributed by atoms with Crippen LogP contribution >= 0.6 is 0 Å². The summed E-state index contributed by atoms with van der Waals surface area (Å²) >= 11 is 0. The Morgan fingerprint density at radius 1 is 0.844 bits per heavy atom. The van der Waals surface area contributed by atoms with Crippen LogP contribution in [0.15, 0.2) is 18.2 Å². The van der Waals surface area contributed by atoms with Crippen LogP contribution in [0.5, 0.6) is 0 Å². The van der Waals surface area contributed by atoms with Crippen molar-refractivity contribution in [3.63, 3.8) is 0 Å². The monoisotopic (exact) mass is 640 g/mol. The molecule has 0 heterocycles. The molecule has 0 aromatic heterocycles. The highest BCUT2D eigenvalue weighted by molar-refractivity contribution is 6.06. The van der Waals surface area contributed by atoms with Gasteiger partial charge in [-0.25, -0.2) is 14.4 Å². The number of carboxylic acids is 3. The maximum Gasteiger partial charge on any atom is 0.341 e. The van der Waals surface area contributed by atoms with Gasteiger partial charge >= 0.3 is 29.8 Å². The van der Waals surface area contributed by atoms with E-state index in [1.165, 1.54) is 38.5 Å². The Kier molecular flexibility index (Phi) is 20.9. The van der Waals surface area contributed by atoms with Gasteiger partial charge in [-0.1, -0.05) is 71.8 Å². The molecule has 13 heteroatoms. The number of likely N-dealkylation sites (N-methyl/N-ethyl adjacent to an activating group) is 1. The van der Waals surface area contributed by atoms with E-state index in [0.717, 1.165) is 32.4 Å². The number of rotatable bonds is 22. The molecule has 256 valence electrons. The number of hydrogen-bond donors (Lipinski definition) is 5. The summed E-state index contributed by atoms with van der Waals surface area (Å²) in [4.78, 5) is 58.0. The molecule has 1 aromatic rings. The Hall–Kier alpha value is -3.71. The van der Waals surface area contributed by atoms with E-state index in [2.05, 4.69) is 25.7 Å². The fourth-order valence-corrected chi connectivity index (χ4v) is 4.43. The summed E-state index contributed by atoms with van der Waals surface area (Å²) in [7, 11) is 0. The number of unbranched alkanes of at least 4 members (excludes halogenated alkanes) is 7. The van der Waals surface area contributed by atoms with Gasteiger partial charge in [0.15, 0.2) is 5.60 Å². The second-order valence-electron chi connectivity index (χ2n) is 10.9. The van der Waals surface area contributed by atoms with Gasteiger partial charge in [-0.3, -0.25) is 9.59 Å². The van der Waals surface area contributed by atoms with Crippen LogP contribution in [0.2, 0.25) is 0 Å². The molecule has 0 radical (unpaired) electrons. The molecule has 1 aromatic carbocycles. The highest BCUT2D eigenvalue weighted by Gasteiger charge is 2.40. The lowest BCUT2D eigenvalue weighted by molar-refractivity contribution is -0.170. The molecule has 0 aliphatic carbocycles. The average Bonchev–Trinajstić information content (AvgIpc) is 2.95.